The maximum Gasteiger partial charge on any atom is 0.341 e. The number of nitrogens with zero attached hydrogens (tertiary/aromatic N) is 2. The van der Waals surface area contributed by atoms with Crippen LogP contribution in [-0.4, -0.2) is 49.4 Å². The molecule has 2 aromatic heterocycles. The Labute approximate surface area is 214 Å². The van der Waals surface area contributed by atoms with E-state index >= 15 is 0 Å². The van der Waals surface area contributed by atoms with Gasteiger partial charge in [-0.2, -0.15) is 4.99 Å². The number of anilines is 1. The number of ether oxygens (including phenoxy) is 1. The number of hydrogen-bond donors (Lipinski definition) is 1. The molecule has 0 bridgehead atoms. The number of aryl methyl sites for hydroxylation is 2. The highest BCUT2D eigenvalue weighted by Crippen LogP contribution is 2.38. The van der Waals surface area contributed by atoms with Crippen molar-refractivity contribution in [3.05, 3.63) is 44.8 Å². The van der Waals surface area contributed by atoms with Crippen LogP contribution in [0, 0.1) is 5.82 Å². The third-order valence-electron chi connectivity index (χ3n) is 5.69. The number of hydrogen-bond acceptors (Lipinski definition) is 8. The number of thiazole rings is 1. The molecule has 0 unspecified atom stereocenters. The van der Waals surface area contributed by atoms with Crippen LogP contribution in [-0.2, 0) is 43.5 Å². The number of carbonyl (C=O) groups excluding carboxylic acids is 3. The van der Waals surface area contributed by atoms with Crippen molar-refractivity contribution in [1.29, 1.82) is 0 Å². The zero-order valence-electron chi connectivity index (χ0n) is 19.6. The second-order valence-electron chi connectivity index (χ2n) is 8.23. The van der Waals surface area contributed by atoms with E-state index in [1.807, 2.05) is 6.92 Å². The lowest BCUT2D eigenvalue weighted by Crippen LogP contribution is -2.28. The number of sulfone groups is 1. The third-order valence-corrected chi connectivity index (χ3v) is 9.33. The molecule has 0 spiro atoms. The van der Waals surface area contributed by atoms with Crippen molar-refractivity contribution in [3.8, 4) is 0 Å². The van der Waals surface area contributed by atoms with E-state index in [1.165, 1.54) is 30.6 Å². The highest BCUT2D eigenvalue weighted by atomic mass is 32.2. The molecule has 3 aromatic rings. The van der Waals surface area contributed by atoms with Crippen molar-refractivity contribution >= 4 is 65.5 Å². The zero-order chi connectivity index (χ0) is 26.0. The van der Waals surface area contributed by atoms with Crippen molar-refractivity contribution < 1.29 is 31.9 Å². The second-order valence-corrected chi connectivity index (χ2v) is 12.4. The number of rotatable bonds is 7. The molecule has 1 aromatic carbocycles. The van der Waals surface area contributed by atoms with Crippen molar-refractivity contribution in [1.82, 2.24) is 4.57 Å². The van der Waals surface area contributed by atoms with Gasteiger partial charge in [0, 0.05) is 11.4 Å². The van der Waals surface area contributed by atoms with Crippen LogP contribution < -0.4 is 10.1 Å². The van der Waals surface area contributed by atoms with E-state index in [0.29, 0.717) is 23.2 Å². The predicted octanol–water partition coefficient (Wildman–Crippen LogP) is 3.07. The molecule has 0 fully saturated rings. The first-order chi connectivity index (χ1) is 17.1. The fraction of sp³-hybridized carbons (Fsp3) is 0.391. The number of halogens is 1. The first-order valence-corrected chi connectivity index (χ1v) is 14.7. The minimum absolute atomic E-state index is 0.245. The average molecular weight is 554 g/mol. The lowest BCUT2D eigenvalue weighted by molar-refractivity contribution is -0.115. The van der Waals surface area contributed by atoms with Crippen LogP contribution in [0.4, 0.5) is 9.39 Å². The lowest BCUT2D eigenvalue weighted by Gasteiger charge is -2.11. The Hall–Kier alpha value is -2.90. The first-order valence-electron chi connectivity index (χ1n) is 11.2. The summed E-state index contributed by atoms with van der Waals surface area (Å²) in [6.07, 6.45) is 3.33. The van der Waals surface area contributed by atoms with Crippen LogP contribution in [0.15, 0.2) is 23.2 Å². The summed E-state index contributed by atoms with van der Waals surface area (Å²) in [6, 6.07) is 4.19. The summed E-state index contributed by atoms with van der Waals surface area (Å²) in [5.74, 6) is -4.71. The van der Waals surface area contributed by atoms with Crippen molar-refractivity contribution in [2.75, 3.05) is 23.9 Å². The molecule has 0 radical (unpaired) electrons. The van der Waals surface area contributed by atoms with Crippen LogP contribution in [0.2, 0.25) is 0 Å². The number of amides is 2. The monoisotopic (exact) mass is 553 g/mol. The summed E-state index contributed by atoms with van der Waals surface area (Å²) >= 11 is 2.31. The molecule has 4 rings (SSSR count). The Morgan fingerprint density at radius 3 is 2.64 bits per heavy atom. The number of benzene rings is 1. The molecular formula is C23H24FN3O6S3. The standard InChI is InChI=1S/C23H24FN3O6S3/c1-3-27-15-9-8-13(24)10-17(15)35-23(27)26-19(29)12-36(31,32)11-18(28)25-21-20(22(30)33-2)14-6-4-5-7-16(14)34-21/h8-10H,3-7,11-12H2,1-2H3,(H,25,28). The number of fused-ring (bicyclic) bond motifs is 2. The van der Waals surface area contributed by atoms with Crippen LogP contribution in [0.5, 0.6) is 0 Å². The van der Waals surface area contributed by atoms with Gasteiger partial charge in [0.2, 0.25) is 5.91 Å². The number of thiophene rings is 1. The fourth-order valence-corrected chi connectivity index (χ4v) is 7.59. The Morgan fingerprint density at radius 1 is 1.17 bits per heavy atom. The van der Waals surface area contributed by atoms with E-state index in [4.69, 9.17) is 4.74 Å². The van der Waals surface area contributed by atoms with Gasteiger partial charge in [0.1, 0.15) is 22.3 Å². The van der Waals surface area contributed by atoms with Gasteiger partial charge in [-0.25, -0.2) is 17.6 Å². The van der Waals surface area contributed by atoms with Gasteiger partial charge in [-0.05, 0) is 56.4 Å². The smallest absolute Gasteiger partial charge is 0.341 e. The number of carbonyl (C=O) groups is 3. The summed E-state index contributed by atoms with van der Waals surface area (Å²) < 4.78 is 45.9. The number of esters is 1. The van der Waals surface area contributed by atoms with Gasteiger partial charge in [0.25, 0.3) is 5.91 Å². The zero-order valence-corrected chi connectivity index (χ0v) is 22.1. The second kappa shape index (κ2) is 10.6. The van der Waals surface area contributed by atoms with Crippen LogP contribution in [0.25, 0.3) is 10.2 Å². The molecule has 0 aliphatic heterocycles. The van der Waals surface area contributed by atoms with Crippen molar-refractivity contribution in [2.24, 2.45) is 4.99 Å². The minimum atomic E-state index is -4.15. The van der Waals surface area contributed by atoms with E-state index < -0.39 is 44.9 Å². The van der Waals surface area contributed by atoms with Gasteiger partial charge in [0.15, 0.2) is 14.6 Å². The number of methoxy groups -OCH3 is 1. The normalized spacial score (nSPS) is 14.0. The Morgan fingerprint density at radius 2 is 1.92 bits per heavy atom. The van der Waals surface area contributed by atoms with Crippen molar-refractivity contribution in [2.45, 2.75) is 39.2 Å². The molecule has 1 aliphatic carbocycles. The van der Waals surface area contributed by atoms with E-state index in [-0.39, 0.29) is 15.4 Å². The molecule has 2 amide bonds. The summed E-state index contributed by atoms with van der Waals surface area (Å²) in [5.41, 5.74) is 1.77. The lowest BCUT2D eigenvalue weighted by atomic mass is 9.95. The Bertz CT molecular complexity index is 1530. The molecule has 13 heteroatoms. The minimum Gasteiger partial charge on any atom is -0.465 e. The molecule has 0 saturated heterocycles. The van der Waals surface area contributed by atoms with E-state index in [1.54, 1.807) is 10.6 Å². The molecule has 0 atom stereocenters. The Balaban J connectivity index is 1.50. The molecule has 1 aliphatic rings. The summed E-state index contributed by atoms with van der Waals surface area (Å²) in [7, 11) is -2.90. The van der Waals surface area contributed by atoms with Crippen LogP contribution in [0.1, 0.15) is 40.6 Å². The van der Waals surface area contributed by atoms with Crippen LogP contribution in [0.3, 0.4) is 0 Å². The van der Waals surface area contributed by atoms with Gasteiger partial charge < -0.3 is 14.6 Å². The third kappa shape index (κ3) is 5.57. The van der Waals surface area contributed by atoms with Crippen LogP contribution >= 0.6 is 22.7 Å². The van der Waals surface area contributed by atoms with Crippen molar-refractivity contribution in [3.63, 3.8) is 0 Å². The van der Waals surface area contributed by atoms with E-state index in [0.717, 1.165) is 41.0 Å². The predicted molar refractivity (Wildman–Crippen MR) is 136 cm³/mol. The summed E-state index contributed by atoms with van der Waals surface area (Å²) in [6.45, 7) is 2.27. The van der Waals surface area contributed by atoms with E-state index in [9.17, 15) is 27.2 Å². The summed E-state index contributed by atoms with van der Waals surface area (Å²) in [5, 5.41) is 2.78. The number of nitrogens with one attached hydrogen (secondary N) is 1. The SMILES string of the molecule is CCn1c(=NC(=O)CS(=O)(=O)CC(=O)Nc2sc3c(c2C(=O)OC)CCCC3)sc2cc(F)ccc21. The fourth-order valence-electron chi connectivity index (χ4n) is 4.15. The van der Waals surface area contributed by atoms with Gasteiger partial charge in [-0.1, -0.05) is 11.3 Å². The maximum atomic E-state index is 13.6. The molecular weight excluding hydrogens is 529 g/mol. The van der Waals surface area contributed by atoms with E-state index in [2.05, 4.69) is 10.3 Å². The molecule has 2 heterocycles. The summed E-state index contributed by atoms with van der Waals surface area (Å²) in [4.78, 5) is 42.5. The highest BCUT2D eigenvalue weighted by Gasteiger charge is 2.28. The largest absolute Gasteiger partial charge is 0.465 e. The highest BCUT2D eigenvalue weighted by molar-refractivity contribution is 7.92. The topological polar surface area (TPSA) is 124 Å². The molecule has 192 valence electrons. The molecule has 1 N–H and O–H groups in total. The quantitative estimate of drug-likeness (QED) is 0.449. The van der Waals surface area contributed by atoms with Gasteiger partial charge in [0.05, 0.1) is 22.9 Å². The average Bonchev–Trinajstić information content (AvgIpc) is 3.33. The van der Waals surface area contributed by atoms with Gasteiger partial charge in [-0.15, -0.1) is 11.3 Å². The molecule has 0 saturated carbocycles. The van der Waals surface area contributed by atoms with Gasteiger partial charge in [-0.3, -0.25) is 9.59 Å². The van der Waals surface area contributed by atoms with Gasteiger partial charge >= 0.3 is 5.97 Å². The first kappa shape index (κ1) is 26.2. The Kier molecular flexibility index (Phi) is 7.71. The molecule has 9 nitrogen and oxygen atoms in total. The maximum absolute atomic E-state index is 13.6. The number of aromatic nitrogens is 1. The molecule has 36 heavy (non-hydrogen) atoms.